The minimum atomic E-state index is -1.13. The number of rotatable bonds is 2. The number of aliphatic carboxylic acids is 3. The molecule has 0 aliphatic carbocycles. The maximum absolute atomic E-state index is 10.9. The zero-order chi connectivity index (χ0) is 23.5. The zero-order valence-corrected chi connectivity index (χ0v) is 18.7. The second-order valence-corrected chi connectivity index (χ2v) is 8.59. The molecule has 0 radical (unpaired) electrons. The number of hydrogen-bond donors (Lipinski definition) is 3. The van der Waals surface area contributed by atoms with Crippen molar-refractivity contribution < 1.29 is 34.5 Å². The summed E-state index contributed by atoms with van der Waals surface area (Å²) in [5.74, 6) is 1.59. The molecular formula is C19H20ClNO7S2. The van der Waals surface area contributed by atoms with Crippen molar-refractivity contribution in [3.8, 4) is 11.8 Å². The number of carbonyl (C=O) groups is 4. The Bertz CT molecular complexity index is 852. The number of carbonyl (C=O) groups excluding carboxylic acids is 1. The third-order valence-electron chi connectivity index (χ3n) is 2.93. The predicted molar refractivity (Wildman–Crippen MR) is 117 cm³/mol. The summed E-state index contributed by atoms with van der Waals surface area (Å²) in [5, 5.41) is 25.4. The van der Waals surface area contributed by atoms with Crippen LogP contribution < -0.4 is 0 Å². The lowest BCUT2D eigenvalue weighted by molar-refractivity contribution is -0.146. The first-order chi connectivity index (χ1) is 13.7. The van der Waals surface area contributed by atoms with Gasteiger partial charge in [-0.2, -0.15) is 0 Å². The van der Waals surface area contributed by atoms with Gasteiger partial charge in [0.2, 0.25) is 5.91 Å². The molecule has 3 N–H and O–H groups in total. The van der Waals surface area contributed by atoms with Crippen LogP contribution in [0.1, 0.15) is 26.3 Å². The van der Waals surface area contributed by atoms with Gasteiger partial charge in [0.15, 0.2) is 0 Å². The quantitative estimate of drug-likeness (QED) is 0.438. The van der Waals surface area contributed by atoms with E-state index >= 15 is 0 Å². The van der Waals surface area contributed by atoms with Gasteiger partial charge in [-0.15, -0.1) is 0 Å². The van der Waals surface area contributed by atoms with E-state index in [0.717, 1.165) is 4.90 Å². The fourth-order valence-electron chi connectivity index (χ4n) is 1.33. The standard InChI is InChI=1S/C9H5ClO2.C5H5NO3S2.C5H10O2/c10-8-4-1-7(2-5-8)3-6-9(11)12;7-3-2-11-5(10)6(3)1-4(8)9;1-5(2,3)4(6)7/h1-2,4-5H,(H,11,12);1-2H2,(H,8,9);1-3H3,(H,6,7). The number of thiocarbonyl (C=S) groups is 1. The third kappa shape index (κ3) is 12.1. The highest BCUT2D eigenvalue weighted by molar-refractivity contribution is 8.23. The summed E-state index contributed by atoms with van der Waals surface area (Å²) in [7, 11) is 0. The molecule has 0 aromatic heterocycles. The fourth-order valence-corrected chi connectivity index (χ4v) is 2.52. The lowest BCUT2D eigenvalue weighted by Gasteiger charge is -2.10. The van der Waals surface area contributed by atoms with Gasteiger partial charge in [-0.05, 0) is 45.0 Å². The van der Waals surface area contributed by atoms with Crippen LogP contribution in [0.3, 0.4) is 0 Å². The number of carboxylic acid groups (broad SMARTS) is 3. The third-order valence-corrected chi connectivity index (χ3v) is 4.62. The minimum absolute atomic E-state index is 0.220. The minimum Gasteiger partial charge on any atom is -0.481 e. The van der Waals surface area contributed by atoms with E-state index in [-0.39, 0.29) is 18.2 Å². The molecule has 8 nitrogen and oxygen atoms in total. The van der Waals surface area contributed by atoms with Crippen molar-refractivity contribution in [2.75, 3.05) is 12.3 Å². The van der Waals surface area contributed by atoms with E-state index in [2.05, 4.69) is 5.92 Å². The van der Waals surface area contributed by atoms with Crippen LogP contribution in [0.5, 0.6) is 0 Å². The SMILES string of the molecule is CC(C)(C)C(=O)O.O=C(O)C#Cc1ccc(Cl)cc1.O=C(O)CN1C(=O)CSC1=S. The van der Waals surface area contributed by atoms with Crippen molar-refractivity contribution in [1.29, 1.82) is 0 Å². The first kappa shape index (κ1) is 27.4. The Hall–Kier alpha value is -2.61. The molecule has 1 amide bonds. The summed E-state index contributed by atoms with van der Waals surface area (Å²) in [6.45, 7) is 4.67. The van der Waals surface area contributed by atoms with Crippen LogP contribution >= 0.6 is 35.6 Å². The summed E-state index contributed by atoms with van der Waals surface area (Å²) >= 11 is 11.6. The van der Waals surface area contributed by atoms with Gasteiger partial charge in [0.25, 0.3) is 0 Å². The van der Waals surface area contributed by atoms with E-state index in [9.17, 15) is 19.2 Å². The predicted octanol–water partition coefficient (Wildman–Crippen LogP) is 2.82. The van der Waals surface area contributed by atoms with Gasteiger partial charge in [-0.25, -0.2) is 4.79 Å². The number of amides is 1. The van der Waals surface area contributed by atoms with E-state index in [0.29, 0.717) is 14.9 Å². The maximum Gasteiger partial charge on any atom is 0.382 e. The van der Waals surface area contributed by atoms with Gasteiger partial charge in [0.05, 0.1) is 11.2 Å². The van der Waals surface area contributed by atoms with E-state index < -0.39 is 23.3 Å². The Morgan fingerprint density at radius 1 is 1.17 bits per heavy atom. The number of thioether (sulfide) groups is 1. The molecule has 1 saturated heterocycles. The normalized spacial score (nSPS) is 12.5. The molecule has 30 heavy (non-hydrogen) atoms. The largest absolute Gasteiger partial charge is 0.481 e. The van der Waals surface area contributed by atoms with Crippen molar-refractivity contribution in [1.82, 2.24) is 4.90 Å². The second kappa shape index (κ2) is 12.8. The number of halogens is 1. The van der Waals surface area contributed by atoms with Crippen LogP contribution in [0, 0.1) is 17.3 Å². The molecular weight excluding hydrogens is 454 g/mol. The highest BCUT2D eigenvalue weighted by Crippen LogP contribution is 2.18. The topological polar surface area (TPSA) is 132 Å². The molecule has 1 aliphatic rings. The highest BCUT2D eigenvalue weighted by Gasteiger charge is 2.27. The molecule has 1 aliphatic heterocycles. The summed E-state index contributed by atoms with van der Waals surface area (Å²) in [6.07, 6.45) is 0. The first-order valence-electron chi connectivity index (χ1n) is 8.17. The smallest absolute Gasteiger partial charge is 0.382 e. The van der Waals surface area contributed by atoms with E-state index in [4.69, 9.17) is 39.1 Å². The van der Waals surface area contributed by atoms with Crippen molar-refractivity contribution in [3.63, 3.8) is 0 Å². The van der Waals surface area contributed by atoms with Crippen molar-refractivity contribution >= 4 is 63.7 Å². The Labute approximate surface area is 188 Å². The number of nitrogens with zero attached hydrogens (tertiary/aromatic N) is 1. The molecule has 1 aromatic carbocycles. The molecule has 162 valence electrons. The van der Waals surface area contributed by atoms with Gasteiger partial charge in [0.1, 0.15) is 10.9 Å². The Balaban J connectivity index is 0.000000437. The molecule has 1 fully saturated rings. The van der Waals surface area contributed by atoms with E-state index in [1.807, 2.05) is 5.92 Å². The molecule has 0 atom stereocenters. The molecule has 11 heteroatoms. The van der Waals surface area contributed by atoms with Crippen molar-refractivity contribution in [2.24, 2.45) is 5.41 Å². The van der Waals surface area contributed by atoms with Gasteiger partial charge in [-0.1, -0.05) is 41.5 Å². The second-order valence-electron chi connectivity index (χ2n) is 6.55. The van der Waals surface area contributed by atoms with Crippen LogP contribution in [0.4, 0.5) is 0 Å². The van der Waals surface area contributed by atoms with E-state index in [1.54, 1.807) is 45.0 Å². The van der Waals surface area contributed by atoms with Crippen molar-refractivity contribution in [3.05, 3.63) is 34.9 Å². The Kier molecular flexibility index (Phi) is 11.7. The number of hydrogen-bond acceptors (Lipinski definition) is 6. The van der Waals surface area contributed by atoms with Gasteiger partial charge < -0.3 is 15.3 Å². The summed E-state index contributed by atoms with van der Waals surface area (Å²) in [4.78, 5) is 42.2. The van der Waals surface area contributed by atoms with Crippen LogP contribution in [-0.2, 0) is 19.2 Å². The highest BCUT2D eigenvalue weighted by atomic mass is 35.5. The summed E-state index contributed by atoms with van der Waals surface area (Å²) in [5.41, 5.74) is 0.0572. The van der Waals surface area contributed by atoms with Gasteiger partial charge >= 0.3 is 17.9 Å². The van der Waals surface area contributed by atoms with Crippen LogP contribution in [0.15, 0.2) is 24.3 Å². The fraction of sp³-hybridized carbons (Fsp3) is 0.316. The molecule has 1 heterocycles. The number of carboxylic acids is 3. The summed E-state index contributed by atoms with van der Waals surface area (Å²) < 4.78 is 0.359. The number of benzene rings is 1. The lowest BCUT2D eigenvalue weighted by Crippen LogP contribution is -2.33. The Morgan fingerprint density at radius 3 is 2.00 bits per heavy atom. The van der Waals surface area contributed by atoms with Gasteiger partial charge in [-0.3, -0.25) is 19.3 Å². The van der Waals surface area contributed by atoms with Crippen LogP contribution in [0.25, 0.3) is 0 Å². The molecule has 0 unspecified atom stereocenters. The van der Waals surface area contributed by atoms with Gasteiger partial charge in [0, 0.05) is 16.5 Å². The maximum atomic E-state index is 10.9. The summed E-state index contributed by atoms with van der Waals surface area (Å²) in [6, 6.07) is 6.65. The Morgan fingerprint density at radius 2 is 1.67 bits per heavy atom. The molecule has 1 aromatic rings. The van der Waals surface area contributed by atoms with Crippen LogP contribution in [-0.4, -0.2) is 60.7 Å². The monoisotopic (exact) mass is 473 g/mol. The average Bonchev–Trinajstić information content (AvgIpc) is 2.93. The van der Waals surface area contributed by atoms with E-state index in [1.165, 1.54) is 11.8 Å². The van der Waals surface area contributed by atoms with Crippen molar-refractivity contribution in [2.45, 2.75) is 20.8 Å². The molecule has 2 rings (SSSR count). The molecule has 0 bridgehead atoms. The average molecular weight is 474 g/mol. The lowest BCUT2D eigenvalue weighted by atomic mass is 9.98. The first-order valence-corrected chi connectivity index (χ1v) is 9.94. The zero-order valence-electron chi connectivity index (χ0n) is 16.3. The molecule has 0 saturated carbocycles. The molecule has 0 spiro atoms. The van der Waals surface area contributed by atoms with Crippen LogP contribution in [0.2, 0.25) is 5.02 Å².